The molecule has 0 saturated carbocycles. The van der Waals surface area contributed by atoms with E-state index in [2.05, 4.69) is 22.9 Å². The maximum absolute atomic E-state index is 12.7. The lowest BCUT2D eigenvalue weighted by Gasteiger charge is -2.36. The molecule has 0 aromatic heterocycles. The molecule has 1 aromatic rings. The van der Waals surface area contributed by atoms with E-state index in [0.29, 0.717) is 16.7 Å². The molecule has 0 radical (unpaired) electrons. The van der Waals surface area contributed by atoms with Gasteiger partial charge in [-0.2, -0.15) is 0 Å². The molecule has 21 heavy (non-hydrogen) atoms. The third-order valence-corrected chi connectivity index (χ3v) is 4.51. The van der Waals surface area contributed by atoms with Crippen LogP contribution in [0.1, 0.15) is 33.6 Å². The fraction of sp³-hybridized carbons (Fsp3) is 0.562. The molecule has 0 spiro atoms. The van der Waals surface area contributed by atoms with Crippen LogP contribution >= 0.6 is 27.5 Å². The van der Waals surface area contributed by atoms with Crippen molar-refractivity contribution in [2.45, 2.75) is 39.2 Å². The average Bonchev–Trinajstić information content (AvgIpc) is 2.41. The van der Waals surface area contributed by atoms with Crippen LogP contribution in [0.2, 0.25) is 5.02 Å². The second kappa shape index (κ2) is 6.57. The molecule has 0 N–H and O–H groups in total. The van der Waals surface area contributed by atoms with E-state index in [9.17, 15) is 4.79 Å². The summed E-state index contributed by atoms with van der Waals surface area (Å²) in [7, 11) is 0. The van der Waals surface area contributed by atoms with Crippen molar-refractivity contribution >= 4 is 33.4 Å². The maximum Gasteiger partial charge on any atom is 0.266 e. The van der Waals surface area contributed by atoms with Gasteiger partial charge in [0.1, 0.15) is 5.75 Å². The summed E-state index contributed by atoms with van der Waals surface area (Å²) in [5, 5.41) is 0.497. The van der Waals surface area contributed by atoms with Gasteiger partial charge in [0.2, 0.25) is 0 Å². The van der Waals surface area contributed by atoms with Crippen molar-refractivity contribution in [3.63, 3.8) is 0 Å². The number of piperidine rings is 1. The molecule has 5 heteroatoms. The lowest BCUT2D eigenvalue weighted by atomic mass is 9.98. The lowest BCUT2D eigenvalue weighted by Crippen LogP contribution is -2.51. The highest BCUT2D eigenvalue weighted by atomic mass is 79.9. The van der Waals surface area contributed by atoms with Crippen LogP contribution < -0.4 is 4.74 Å². The molecule has 1 aliphatic heterocycles. The maximum atomic E-state index is 12.7. The average molecular weight is 375 g/mol. The number of hydrogen-bond acceptors (Lipinski definition) is 2. The molecule has 1 atom stereocenters. The van der Waals surface area contributed by atoms with E-state index in [1.165, 1.54) is 6.42 Å². The molecule has 116 valence electrons. The quantitative estimate of drug-likeness (QED) is 0.778. The highest BCUT2D eigenvalue weighted by Crippen LogP contribution is 2.31. The van der Waals surface area contributed by atoms with Crippen molar-refractivity contribution < 1.29 is 9.53 Å². The monoisotopic (exact) mass is 373 g/mol. The summed E-state index contributed by atoms with van der Waals surface area (Å²) < 4.78 is 6.78. The number of nitrogens with zero attached hydrogens (tertiary/aromatic N) is 1. The van der Waals surface area contributed by atoms with Gasteiger partial charge in [-0.3, -0.25) is 4.79 Å². The summed E-state index contributed by atoms with van der Waals surface area (Å²) in [5.41, 5.74) is -0.922. The van der Waals surface area contributed by atoms with Crippen LogP contribution in [-0.2, 0) is 4.79 Å². The zero-order valence-electron chi connectivity index (χ0n) is 12.7. The van der Waals surface area contributed by atoms with Crippen molar-refractivity contribution in [1.82, 2.24) is 4.90 Å². The molecule has 1 saturated heterocycles. The second-order valence-corrected chi connectivity index (χ2v) is 7.51. The number of carbonyl (C=O) groups is 1. The van der Waals surface area contributed by atoms with Crippen LogP contribution in [0.3, 0.4) is 0 Å². The molecule has 1 fully saturated rings. The Morgan fingerprint density at radius 1 is 1.48 bits per heavy atom. The number of benzene rings is 1. The Morgan fingerprint density at radius 3 is 2.81 bits per heavy atom. The normalized spacial score (nSPS) is 19.5. The Kier molecular flexibility index (Phi) is 5.20. The Morgan fingerprint density at radius 2 is 2.19 bits per heavy atom. The first-order chi connectivity index (χ1) is 9.79. The predicted molar refractivity (Wildman–Crippen MR) is 88.8 cm³/mol. The largest absolute Gasteiger partial charge is 0.476 e. The van der Waals surface area contributed by atoms with E-state index in [1.54, 1.807) is 26.0 Å². The first-order valence-corrected chi connectivity index (χ1v) is 8.40. The second-order valence-electron chi connectivity index (χ2n) is 6.19. The molecule has 0 aliphatic carbocycles. The number of rotatable bonds is 3. The van der Waals surface area contributed by atoms with Crippen LogP contribution in [0, 0.1) is 5.92 Å². The summed E-state index contributed by atoms with van der Waals surface area (Å²) in [6.45, 7) is 7.39. The minimum atomic E-state index is -0.922. The fourth-order valence-electron chi connectivity index (χ4n) is 2.63. The van der Waals surface area contributed by atoms with E-state index < -0.39 is 5.60 Å². The predicted octanol–water partition coefficient (Wildman–Crippen LogP) is 4.52. The summed E-state index contributed by atoms with van der Waals surface area (Å²) in [5.74, 6) is 1.10. The van der Waals surface area contributed by atoms with Gasteiger partial charge in [0.25, 0.3) is 5.91 Å². The standard InChI is InChI=1S/C16H21BrClNO2/c1-11-5-4-8-19(10-11)15(20)16(2,3)21-14-7-6-12(17)9-13(14)18/h6-7,9,11H,4-5,8,10H2,1-3H3. The van der Waals surface area contributed by atoms with Crippen LogP contribution in [0.25, 0.3) is 0 Å². The molecule has 1 aromatic carbocycles. The molecule has 1 aliphatic rings. The van der Waals surface area contributed by atoms with Gasteiger partial charge in [-0.1, -0.05) is 34.5 Å². The molecular formula is C16H21BrClNO2. The van der Waals surface area contributed by atoms with Crippen molar-refractivity contribution in [3.05, 3.63) is 27.7 Å². The number of amides is 1. The van der Waals surface area contributed by atoms with Gasteiger partial charge in [-0.05, 0) is 50.8 Å². The van der Waals surface area contributed by atoms with Crippen molar-refractivity contribution in [2.24, 2.45) is 5.92 Å². The van der Waals surface area contributed by atoms with Gasteiger partial charge in [0.15, 0.2) is 5.60 Å². The van der Waals surface area contributed by atoms with Crippen LogP contribution in [0.5, 0.6) is 5.75 Å². The molecule has 2 rings (SSSR count). The third kappa shape index (κ3) is 4.13. The van der Waals surface area contributed by atoms with Gasteiger partial charge in [-0.25, -0.2) is 0 Å². The Labute approximate surface area is 139 Å². The van der Waals surface area contributed by atoms with E-state index in [1.807, 2.05) is 11.0 Å². The number of halogens is 2. The first kappa shape index (κ1) is 16.6. The number of hydrogen-bond donors (Lipinski definition) is 0. The van der Waals surface area contributed by atoms with Crippen LogP contribution in [0.4, 0.5) is 0 Å². The van der Waals surface area contributed by atoms with Gasteiger partial charge in [0, 0.05) is 17.6 Å². The van der Waals surface area contributed by atoms with E-state index in [-0.39, 0.29) is 5.91 Å². The van der Waals surface area contributed by atoms with E-state index in [4.69, 9.17) is 16.3 Å². The summed E-state index contributed by atoms with van der Waals surface area (Å²) in [4.78, 5) is 14.6. The molecule has 1 heterocycles. The molecule has 1 amide bonds. The van der Waals surface area contributed by atoms with Crippen molar-refractivity contribution in [2.75, 3.05) is 13.1 Å². The van der Waals surface area contributed by atoms with Gasteiger partial charge in [-0.15, -0.1) is 0 Å². The number of carbonyl (C=O) groups excluding carboxylic acids is 1. The van der Waals surface area contributed by atoms with E-state index >= 15 is 0 Å². The number of likely N-dealkylation sites (tertiary alicyclic amines) is 1. The third-order valence-electron chi connectivity index (χ3n) is 3.72. The first-order valence-electron chi connectivity index (χ1n) is 7.23. The van der Waals surface area contributed by atoms with Crippen molar-refractivity contribution in [3.8, 4) is 5.75 Å². The summed E-state index contributed by atoms with van der Waals surface area (Å²) >= 11 is 9.53. The smallest absolute Gasteiger partial charge is 0.266 e. The van der Waals surface area contributed by atoms with Gasteiger partial charge < -0.3 is 9.64 Å². The summed E-state index contributed by atoms with van der Waals surface area (Å²) in [6, 6.07) is 5.39. The van der Waals surface area contributed by atoms with Crippen LogP contribution in [-0.4, -0.2) is 29.5 Å². The van der Waals surface area contributed by atoms with Gasteiger partial charge >= 0.3 is 0 Å². The van der Waals surface area contributed by atoms with Crippen molar-refractivity contribution in [1.29, 1.82) is 0 Å². The number of ether oxygens (including phenoxy) is 1. The highest BCUT2D eigenvalue weighted by Gasteiger charge is 2.36. The Balaban J connectivity index is 2.11. The van der Waals surface area contributed by atoms with E-state index in [0.717, 1.165) is 24.0 Å². The topological polar surface area (TPSA) is 29.5 Å². The zero-order valence-corrected chi connectivity index (χ0v) is 15.0. The molecular weight excluding hydrogens is 354 g/mol. The molecule has 3 nitrogen and oxygen atoms in total. The minimum Gasteiger partial charge on any atom is -0.476 e. The lowest BCUT2D eigenvalue weighted by molar-refractivity contribution is -0.147. The van der Waals surface area contributed by atoms with Crippen LogP contribution in [0.15, 0.2) is 22.7 Å². The van der Waals surface area contributed by atoms with Gasteiger partial charge in [0.05, 0.1) is 5.02 Å². The summed E-state index contributed by atoms with van der Waals surface area (Å²) in [6.07, 6.45) is 2.24. The SMILES string of the molecule is CC1CCCN(C(=O)C(C)(C)Oc2ccc(Br)cc2Cl)C1. The fourth-order valence-corrected chi connectivity index (χ4v) is 3.34. The molecule has 0 bridgehead atoms. The minimum absolute atomic E-state index is 0.0213. The highest BCUT2D eigenvalue weighted by molar-refractivity contribution is 9.10. The zero-order chi connectivity index (χ0) is 15.6. The molecule has 1 unspecified atom stereocenters. The Bertz CT molecular complexity index is 533. The Hall–Kier alpha value is -0.740.